The Morgan fingerprint density at radius 3 is 0.443 bits per heavy atom. The zero-order valence-corrected chi connectivity index (χ0v) is 62.5. The van der Waals surface area contributed by atoms with Crippen LogP contribution in [-0.4, -0.2) is 46.4 Å². The number of rotatable bonds is 16. The Morgan fingerprint density at radius 2 is 0.352 bits per heavy atom. The van der Waals surface area contributed by atoms with Crippen molar-refractivity contribution in [2.24, 2.45) is 0 Å². The molecule has 0 unspecified atom stereocenters. The molecule has 1 saturated heterocycles. The molecule has 5 aliphatic rings. The normalized spacial score (nSPS) is 14.0. The third-order valence-electron chi connectivity index (χ3n) is 18.4. The molecule has 0 atom stereocenters. The van der Waals surface area contributed by atoms with Crippen LogP contribution < -0.4 is 19.9 Å². The summed E-state index contributed by atoms with van der Waals surface area (Å²) in [4.78, 5) is 42.0. The monoisotopic (exact) mass is 1280 g/mol. The maximum absolute atomic E-state index is 5.25. The Bertz CT molecular complexity index is 3240. The van der Waals surface area contributed by atoms with Crippen molar-refractivity contribution < 1.29 is 48.4 Å². The second kappa shape index (κ2) is 31.9. The second-order valence-electron chi connectivity index (χ2n) is 22.8. The summed E-state index contributed by atoms with van der Waals surface area (Å²) in [5.74, 6) is 0. The van der Waals surface area contributed by atoms with Gasteiger partial charge in [0.05, 0.1) is 72.0 Å². The van der Waals surface area contributed by atoms with E-state index < -0.39 is 0 Å². The zero-order chi connectivity index (χ0) is 61.3. The van der Waals surface area contributed by atoms with Crippen LogP contribution in [0.1, 0.15) is 252 Å². The molecule has 0 amide bonds. The molecule has 16 bridgehead atoms. The summed E-state index contributed by atoms with van der Waals surface area (Å²) in [5.41, 5.74) is 38.3. The molecule has 11 rings (SSSR count). The summed E-state index contributed by atoms with van der Waals surface area (Å²) in [5, 5.41) is 0. The predicted octanol–water partition coefficient (Wildman–Crippen LogP) is 18.6. The second-order valence-corrected chi connectivity index (χ2v) is 22.8. The topological polar surface area (TPSA) is 126 Å². The van der Waals surface area contributed by atoms with Gasteiger partial charge in [-0.15, -0.1) is 44.1 Å². The Hall–Kier alpha value is -5.63. The molecule has 6 aromatic rings. The summed E-state index contributed by atoms with van der Waals surface area (Å²) in [6, 6.07) is 18.0. The van der Waals surface area contributed by atoms with Crippen LogP contribution in [0.25, 0.3) is 88.7 Å². The molecule has 0 aliphatic carbocycles. The number of hydrogen-bond donors (Lipinski definition) is 0. The number of nitrogens with zero attached hydrogens (tertiary/aromatic N) is 8. The molecule has 11 heterocycles. The first-order chi connectivity index (χ1) is 41.9. The Kier molecular flexibility index (Phi) is 25.3. The fourth-order valence-corrected chi connectivity index (χ4v) is 14.3. The van der Waals surface area contributed by atoms with Gasteiger partial charge >= 0.3 is 39.0 Å². The maximum Gasteiger partial charge on any atom is 2.00 e. The van der Waals surface area contributed by atoms with Gasteiger partial charge in [-0.3, -0.25) is 0 Å². The van der Waals surface area contributed by atoms with E-state index in [1.165, 1.54) is 89.1 Å². The summed E-state index contributed by atoms with van der Waals surface area (Å²) >= 11 is 0. The standard InChI is InChI=1S/2C36H44N4.C4H8O2.2Zn/c2*1-9-21-22(10-2)30-18-32-25(13-5)26(14-6)34(39-32)20-36-28(16-8)27(15-7)35(40-36)19-33-24(12-4)23(11-3)31(38-33)17-29(21)37-30;1-2-6-4-3-5-1;;/h2*17-20H,9-16H2,1-8H3;1-4H2;;/q2*-2;;2*+2. The van der Waals surface area contributed by atoms with E-state index in [1.807, 2.05) is 0 Å². The Labute approximate surface area is 551 Å². The van der Waals surface area contributed by atoms with Gasteiger partial charge < -0.3 is 29.4 Å². The van der Waals surface area contributed by atoms with Crippen LogP contribution >= 0.6 is 0 Å². The molecule has 10 nitrogen and oxygen atoms in total. The Morgan fingerprint density at radius 1 is 0.227 bits per heavy atom. The van der Waals surface area contributed by atoms with Crippen molar-refractivity contribution >= 4 is 88.7 Å². The van der Waals surface area contributed by atoms with Crippen LogP contribution in [0.15, 0.2) is 48.5 Å². The van der Waals surface area contributed by atoms with Crippen LogP contribution in [0.5, 0.6) is 0 Å². The first-order valence-corrected chi connectivity index (χ1v) is 33.3. The maximum atomic E-state index is 5.25. The molecule has 88 heavy (non-hydrogen) atoms. The minimum atomic E-state index is 0. The number of aryl methyl sites for hydroxylation is 8. The smallest absolute Gasteiger partial charge is 0.657 e. The minimum absolute atomic E-state index is 0. The van der Waals surface area contributed by atoms with Gasteiger partial charge in [-0.2, -0.15) is 0 Å². The SMILES string of the molecule is C1COCCO1.CCC1=C(CC)c2cc3[n-]c(cc4nc(cc5[n-]c(cc1n2)c(CC)c5CC)C(CC)=C4CC)c(CC)c3CC.CCC1=C(CC)c2cc3[n-]c(cc4nc(cc5[n-]c(cc1n2)c(CC)c5CC)C(CC)=C4CC)c(CC)c3CC.[Zn+2].[Zn+2]. The molecule has 6 aromatic heterocycles. The van der Waals surface area contributed by atoms with Gasteiger partial charge in [0.2, 0.25) is 0 Å². The molecule has 0 radical (unpaired) electrons. The average Bonchev–Trinajstić information content (AvgIpc) is 3.07. The van der Waals surface area contributed by atoms with Gasteiger partial charge in [0.15, 0.2) is 0 Å². The van der Waals surface area contributed by atoms with E-state index in [1.54, 1.807) is 0 Å². The van der Waals surface area contributed by atoms with Gasteiger partial charge in [0, 0.05) is 0 Å². The molecule has 5 aliphatic heterocycles. The van der Waals surface area contributed by atoms with E-state index in [2.05, 4.69) is 159 Å². The molecule has 12 heteroatoms. The summed E-state index contributed by atoms with van der Waals surface area (Å²) in [6.45, 7) is 39.0. The third kappa shape index (κ3) is 13.7. The molecule has 456 valence electrons. The Balaban J connectivity index is 0.000000224. The summed E-state index contributed by atoms with van der Waals surface area (Å²) < 4.78 is 9.89. The summed E-state index contributed by atoms with van der Waals surface area (Å²) in [7, 11) is 0. The van der Waals surface area contributed by atoms with Crippen LogP contribution in [0.4, 0.5) is 0 Å². The van der Waals surface area contributed by atoms with Crippen LogP contribution in [0.3, 0.4) is 0 Å². The van der Waals surface area contributed by atoms with Crippen molar-refractivity contribution in [3.63, 3.8) is 0 Å². The number of hydrogen-bond acceptors (Lipinski definition) is 6. The first-order valence-electron chi connectivity index (χ1n) is 33.3. The van der Waals surface area contributed by atoms with Crippen molar-refractivity contribution in [2.75, 3.05) is 26.4 Å². The van der Waals surface area contributed by atoms with Crippen LogP contribution in [0.2, 0.25) is 0 Å². The quantitative estimate of drug-likeness (QED) is 0.0865. The first kappa shape index (κ1) is 69.8. The zero-order valence-electron chi connectivity index (χ0n) is 56.6. The number of ether oxygens (including phenoxy) is 2. The number of allylic oxidation sites excluding steroid dienone is 8. The minimum Gasteiger partial charge on any atom is -0.657 e. The predicted molar refractivity (Wildman–Crippen MR) is 364 cm³/mol. The van der Waals surface area contributed by atoms with Gasteiger partial charge in [0.25, 0.3) is 0 Å². The fraction of sp³-hybridized carbons (Fsp3) is 0.474. The van der Waals surface area contributed by atoms with Crippen molar-refractivity contribution in [3.8, 4) is 0 Å². The van der Waals surface area contributed by atoms with Crippen LogP contribution in [0, 0.1) is 0 Å². The number of fused-ring (bicyclic) bond motifs is 16. The van der Waals surface area contributed by atoms with E-state index in [9.17, 15) is 0 Å². The van der Waals surface area contributed by atoms with Gasteiger partial charge in [-0.1, -0.05) is 204 Å². The number of aromatic nitrogens is 8. The third-order valence-corrected chi connectivity index (χ3v) is 18.4. The van der Waals surface area contributed by atoms with Crippen molar-refractivity contribution in [2.45, 2.75) is 214 Å². The average molecular weight is 1280 g/mol. The largest absolute Gasteiger partial charge is 2.00 e. The molecule has 0 aromatic carbocycles. The van der Waals surface area contributed by atoms with Crippen molar-refractivity contribution in [3.05, 3.63) is 139 Å². The molecule has 0 N–H and O–H groups in total. The van der Waals surface area contributed by atoms with E-state index in [-0.39, 0.29) is 39.0 Å². The van der Waals surface area contributed by atoms with E-state index >= 15 is 0 Å². The fourth-order valence-electron chi connectivity index (χ4n) is 14.3. The van der Waals surface area contributed by atoms with E-state index in [0.29, 0.717) is 0 Å². The van der Waals surface area contributed by atoms with E-state index in [0.717, 1.165) is 219 Å². The van der Waals surface area contributed by atoms with Gasteiger partial charge in [0.1, 0.15) is 0 Å². The van der Waals surface area contributed by atoms with Gasteiger partial charge in [-0.05, 0) is 147 Å². The molecular formula is C76H96N8O2Zn2. The van der Waals surface area contributed by atoms with Gasteiger partial charge in [-0.25, -0.2) is 19.9 Å². The molecule has 1 fully saturated rings. The molecular weight excluding hydrogens is 1190 g/mol. The van der Waals surface area contributed by atoms with E-state index in [4.69, 9.17) is 49.3 Å². The van der Waals surface area contributed by atoms with Crippen molar-refractivity contribution in [1.29, 1.82) is 0 Å². The van der Waals surface area contributed by atoms with Crippen molar-refractivity contribution in [1.82, 2.24) is 39.9 Å². The summed E-state index contributed by atoms with van der Waals surface area (Å²) in [6.07, 6.45) is 15.2. The molecule has 0 saturated carbocycles. The van der Waals surface area contributed by atoms with Crippen LogP contribution in [-0.2, 0) is 99.8 Å². The molecule has 0 spiro atoms.